The molecule has 0 radical (unpaired) electrons. The first-order valence-corrected chi connectivity index (χ1v) is 13.9. The Morgan fingerprint density at radius 1 is 0.860 bits per heavy atom. The molecule has 0 aliphatic carbocycles. The highest BCUT2D eigenvalue weighted by molar-refractivity contribution is 6.14. The van der Waals surface area contributed by atoms with Crippen LogP contribution in [0.25, 0.3) is 22.0 Å². The summed E-state index contributed by atoms with van der Waals surface area (Å²) >= 11 is 0. The third-order valence-electron chi connectivity index (χ3n) is 6.21. The number of alkyl carbamates (subject to hydrolysis) is 1. The van der Waals surface area contributed by atoms with Gasteiger partial charge in [-0.15, -0.1) is 0 Å². The lowest BCUT2D eigenvalue weighted by Crippen LogP contribution is -2.36. The quantitative estimate of drug-likeness (QED) is 0.180. The molecule has 10 heteroatoms. The van der Waals surface area contributed by atoms with Gasteiger partial charge in [-0.1, -0.05) is 18.2 Å². The van der Waals surface area contributed by atoms with E-state index in [2.05, 4.69) is 15.6 Å². The minimum Gasteiger partial charge on any atom is -0.444 e. The number of hydrogen-bond donors (Lipinski definition) is 3. The van der Waals surface area contributed by atoms with Crippen LogP contribution in [0.5, 0.6) is 0 Å². The summed E-state index contributed by atoms with van der Waals surface area (Å²) in [6.07, 6.45) is 4.04. The molecule has 43 heavy (non-hydrogen) atoms. The molecule has 0 saturated carbocycles. The summed E-state index contributed by atoms with van der Waals surface area (Å²) in [5.41, 5.74) is 2.80. The highest BCUT2D eigenvalue weighted by Gasteiger charge is 2.24. The van der Waals surface area contributed by atoms with Crippen LogP contribution in [-0.4, -0.2) is 51.2 Å². The number of pyridine rings is 1. The Bertz CT molecular complexity index is 1650. The van der Waals surface area contributed by atoms with Crippen LogP contribution in [-0.2, 0) is 15.9 Å². The summed E-state index contributed by atoms with van der Waals surface area (Å²) in [7, 11) is 0. The SMILES string of the molecule is CC(C)(C)OC(=O)NC(=N)c1cn(C(=O)OC(C)(C)C)c2ccc(CCNC(=O)c3ccc(-c4ccncc4)cc3)cc12. The molecular weight excluding hydrogens is 546 g/mol. The fourth-order valence-electron chi connectivity index (χ4n) is 4.35. The van der Waals surface area contributed by atoms with Gasteiger partial charge in [0.15, 0.2) is 0 Å². The topological polar surface area (TPSA) is 135 Å². The van der Waals surface area contributed by atoms with Gasteiger partial charge in [0, 0.05) is 41.6 Å². The van der Waals surface area contributed by atoms with E-state index in [0.29, 0.717) is 35.0 Å². The Balaban J connectivity index is 1.50. The van der Waals surface area contributed by atoms with E-state index < -0.39 is 23.4 Å². The number of hydrogen-bond acceptors (Lipinski definition) is 7. The molecule has 0 atom stereocenters. The van der Waals surface area contributed by atoms with Gasteiger partial charge in [0.25, 0.3) is 5.91 Å². The Labute approximate surface area is 250 Å². The second-order valence-electron chi connectivity index (χ2n) is 12.1. The van der Waals surface area contributed by atoms with Crippen LogP contribution in [0.4, 0.5) is 9.59 Å². The maximum Gasteiger partial charge on any atom is 0.419 e. The van der Waals surface area contributed by atoms with Gasteiger partial charge >= 0.3 is 12.2 Å². The number of fused-ring (bicyclic) bond motifs is 1. The summed E-state index contributed by atoms with van der Waals surface area (Å²) in [6.45, 7) is 10.9. The lowest BCUT2D eigenvalue weighted by atomic mass is 10.0. The molecule has 0 aliphatic rings. The summed E-state index contributed by atoms with van der Waals surface area (Å²) < 4.78 is 12.2. The molecule has 0 aliphatic heterocycles. The highest BCUT2D eigenvalue weighted by Crippen LogP contribution is 2.25. The monoisotopic (exact) mass is 583 g/mol. The van der Waals surface area contributed by atoms with E-state index in [9.17, 15) is 14.4 Å². The standard InChI is InChI=1S/C33H37N5O5/c1-32(2,3)42-30(40)37-28(34)26-20-38(31(41)43-33(4,5)6)27-12-7-21(19-25(26)27)13-18-36-29(39)24-10-8-22(9-11-24)23-14-16-35-17-15-23/h7-12,14-17,19-20H,13,18H2,1-6H3,(H,36,39)(H2,34,37,40). The summed E-state index contributed by atoms with van der Waals surface area (Å²) in [6, 6.07) is 16.6. The van der Waals surface area contributed by atoms with Crippen LogP contribution in [0.3, 0.4) is 0 Å². The lowest BCUT2D eigenvalue weighted by Gasteiger charge is -2.20. The molecule has 4 rings (SSSR count). The molecule has 2 heterocycles. The molecule has 3 N–H and O–H groups in total. The van der Waals surface area contributed by atoms with Crippen LogP contribution in [0, 0.1) is 5.41 Å². The number of nitrogens with zero attached hydrogens (tertiary/aromatic N) is 2. The average molecular weight is 584 g/mol. The molecule has 10 nitrogen and oxygen atoms in total. The van der Waals surface area contributed by atoms with Crippen LogP contribution in [0.2, 0.25) is 0 Å². The summed E-state index contributed by atoms with van der Waals surface area (Å²) in [5.74, 6) is -0.412. The molecular formula is C33H37N5O5. The van der Waals surface area contributed by atoms with E-state index in [1.54, 1.807) is 72.1 Å². The number of ether oxygens (including phenoxy) is 2. The van der Waals surface area contributed by atoms with Crippen molar-refractivity contribution in [1.29, 1.82) is 5.41 Å². The maximum absolute atomic E-state index is 13.0. The van der Waals surface area contributed by atoms with Gasteiger partial charge in [0.2, 0.25) is 0 Å². The first kappa shape index (κ1) is 31.0. The number of carbonyl (C=O) groups is 3. The largest absolute Gasteiger partial charge is 0.444 e. The van der Waals surface area contributed by atoms with E-state index in [0.717, 1.165) is 16.7 Å². The van der Waals surface area contributed by atoms with E-state index in [4.69, 9.17) is 14.9 Å². The van der Waals surface area contributed by atoms with Crippen molar-refractivity contribution in [2.45, 2.75) is 59.2 Å². The van der Waals surface area contributed by atoms with E-state index >= 15 is 0 Å². The average Bonchev–Trinajstić information content (AvgIpc) is 3.31. The molecule has 4 aromatic rings. The van der Waals surface area contributed by atoms with Crippen molar-refractivity contribution in [3.05, 3.63) is 89.9 Å². The van der Waals surface area contributed by atoms with Crippen molar-refractivity contribution < 1.29 is 23.9 Å². The van der Waals surface area contributed by atoms with Crippen LogP contribution in [0.15, 0.2) is 73.2 Å². The Hall–Kier alpha value is -4.99. The third-order valence-corrected chi connectivity index (χ3v) is 6.21. The lowest BCUT2D eigenvalue weighted by molar-refractivity contribution is 0.0540. The van der Waals surface area contributed by atoms with Crippen LogP contribution in [0.1, 0.15) is 63.0 Å². The molecule has 2 amide bonds. The zero-order valence-corrected chi connectivity index (χ0v) is 25.3. The van der Waals surface area contributed by atoms with Gasteiger partial charge in [-0.2, -0.15) is 0 Å². The number of benzene rings is 2. The number of carbonyl (C=O) groups excluding carboxylic acids is 3. The normalized spacial score (nSPS) is 11.6. The van der Waals surface area contributed by atoms with Gasteiger partial charge < -0.3 is 14.8 Å². The first-order chi connectivity index (χ1) is 20.2. The van der Waals surface area contributed by atoms with Gasteiger partial charge in [0.1, 0.15) is 17.0 Å². The number of aromatic nitrogens is 2. The molecule has 2 aromatic heterocycles. The first-order valence-electron chi connectivity index (χ1n) is 13.9. The second-order valence-corrected chi connectivity index (χ2v) is 12.1. The van der Waals surface area contributed by atoms with Crippen molar-refractivity contribution in [2.24, 2.45) is 0 Å². The number of rotatable bonds is 6. The fraction of sp³-hybridized carbons (Fsp3) is 0.303. The van der Waals surface area contributed by atoms with Gasteiger partial charge in [-0.25, -0.2) is 9.59 Å². The van der Waals surface area contributed by atoms with Crippen molar-refractivity contribution in [1.82, 2.24) is 20.2 Å². The highest BCUT2D eigenvalue weighted by atomic mass is 16.6. The van der Waals surface area contributed by atoms with Crippen molar-refractivity contribution >= 4 is 34.8 Å². The summed E-state index contributed by atoms with van der Waals surface area (Å²) in [5, 5.41) is 14.5. The molecule has 224 valence electrons. The molecule has 0 saturated heterocycles. The summed E-state index contributed by atoms with van der Waals surface area (Å²) in [4.78, 5) is 42.2. The van der Waals surface area contributed by atoms with E-state index in [-0.39, 0.29) is 11.7 Å². The minimum atomic E-state index is -0.775. The molecule has 0 fully saturated rings. The Morgan fingerprint density at radius 3 is 2.12 bits per heavy atom. The number of amidine groups is 1. The maximum atomic E-state index is 13.0. The molecule has 0 spiro atoms. The smallest absolute Gasteiger partial charge is 0.419 e. The van der Waals surface area contributed by atoms with E-state index in [1.807, 2.05) is 36.4 Å². The van der Waals surface area contributed by atoms with Crippen LogP contribution < -0.4 is 10.6 Å². The number of nitrogens with one attached hydrogen (secondary N) is 3. The minimum absolute atomic E-state index is 0.192. The van der Waals surface area contributed by atoms with Crippen molar-refractivity contribution in [3.8, 4) is 11.1 Å². The Morgan fingerprint density at radius 2 is 1.49 bits per heavy atom. The molecule has 0 unspecified atom stereocenters. The number of amides is 2. The van der Waals surface area contributed by atoms with Gasteiger partial charge in [-0.3, -0.25) is 25.1 Å². The third kappa shape index (κ3) is 8.28. The van der Waals surface area contributed by atoms with Crippen molar-refractivity contribution in [2.75, 3.05) is 6.54 Å². The van der Waals surface area contributed by atoms with Gasteiger partial charge in [-0.05, 0) is 101 Å². The second kappa shape index (κ2) is 12.5. The zero-order chi connectivity index (χ0) is 31.4. The zero-order valence-electron chi connectivity index (χ0n) is 25.3. The van der Waals surface area contributed by atoms with Gasteiger partial charge in [0.05, 0.1) is 5.52 Å². The van der Waals surface area contributed by atoms with E-state index in [1.165, 1.54) is 10.8 Å². The molecule has 2 aromatic carbocycles. The van der Waals surface area contributed by atoms with Crippen molar-refractivity contribution in [3.63, 3.8) is 0 Å². The van der Waals surface area contributed by atoms with Crippen LogP contribution >= 0.6 is 0 Å². The fourth-order valence-corrected chi connectivity index (χ4v) is 4.35. The predicted octanol–water partition coefficient (Wildman–Crippen LogP) is 6.31. The molecule has 0 bridgehead atoms. The Kier molecular flexibility index (Phi) is 8.99. The predicted molar refractivity (Wildman–Crippen MR) is 165 cm³/mol.